The van der Waals surface area contributed by atoms with Crippen LogP contribution in [0, 0.1) is 5.92 Å². The molecule has 0 fully saturated rings. The van der Waals surface area contributed by atoms with Gasteiger partial charge in [0, 0.05) is 19.5 Å². The highest BCUT2D eigenvalue weighted by atomic mass is 35.5. The van der Waals surface area contributed by atoms with Gasteiger partial charge in [-0.25, -0.2) is 8.42 Å². The Labute approximate surface area is 261 Å². The van der Waals surface area contributed by atoms with Gasteiger partial charge in [-0.1, -0.05) is 103 Å². The first-order valence-electron chi connectivity index (χ1n) is 12.7. The first-order valence-corrected chi connectivity index (χ1v) is 16.1. The maximum Gasteiger partial charge on any atom is 0.244 e. The van der Waals surface area contributed by atoms with Gasteiger partial charge in [-0.2, -0.15) is 0 Å². The summed E-state index contributed by atoms with van der Waals surface area (Å²) >= 11 is 24.9. The number of amides is 2. The zero-order chi connectivity index (χ0) is 30.3. The van der Waals surface area contributed by atoms with E-state index in [4.69, 9.17) is 46.4 Å². The quantitative estimate of drug-likeness (QED) is 0.241. The van der Waals surface area contributed by atoms with E-state index in [1.54, 1.807) is 18.2 Å². The minimum Gasteiger partial charge on any atom is -0.354 e. The molecule has 0 saturated heterocycles. The number of rotatable bonds is 12. The average molecular weight is 659 g/mol. The van der Waals surface area contributed by atoms with Crippen LogP contribution in [0.4, 0.5) is 5.69 Å². The lowest BCUT2D eigenvalue weighted by molar-refractivity contribution is -0.140. The molecule has 0 aliphatic carbocycles. The number of carbonyl (C=O) groups is 2. The molecule has 0 saturated carbocycles. The summed E-state index contributed by atoms with van der Waals surface area (Å²) in [6, 6.07) is 17.7. The lowest BCUT2D eigenvalue weighted by atomic mass is 10.0. The molecule has 2 amide bonds. The van der Waals surface area contributed by atoms with Gasteiger partial charge in [0.15, 0.2) is 0 Å². The SMILES string of the molecule is CC(C)CNC(=O)C(Cc1ccccc1)N(Cc1ccc(Cl)c(Cl)c1)C(=O)CN(c1cccc(Cl)c1Cl)S(C)(=O)=O. The average Bonchev–Trinajstić information content (AvgIpc) is 2.91. The highest BCUT2D eigenvalue weighted by Gasteiger charge is 2.33. The van der Waals surface area contributed by atoms with E-state index in [1.807, 2.05) is 44.2 Å². The second-order valence-corrected chi connectivity index (χ2v) is 13.5. The Morgan fingerprint density at radius 1 is 0.854 bits per heavy atom. The first-order chi connectivity index (χ1) is 19.3. The second-order valence-electron chi connectivity index (χ2n) is 9.96. The van der Waals surface area contributed by atoms with E-state index in [1.165, 1.54) is 23.1 Å². The third kappa shape index (κ3) is 9.25. The Balaban J connectivity index is 2.09. The van der Waals surface area contributed by atoms with Crippen LogP contribution in [0.3, 0.4) is 0 Å². The first kappa shape index (κ1) is 33.0. The van der Waals surface area contributed by atoms with Crippen LogP contribution < -0.4 is 9.62 Å². The van der Waals surface area contributed by atoms with Crippen LogP contribution >= 0.6 is 46.4 Å². The van der Waals surface area contributed by atoms with Gasteiger partial charge in [0.2, 0.25) is 21.8 Å². The molecule has 0 aliphatic rings. The number of hydrogen-bond donors (Lipinski definition) is 1. The molecular formula is C29H31Cl4N3O4S. The van der Waals surface area contributed by atoms with Gasteiger partial charge in [-0.15, -0.1) is 0 Å². The van der Waals surface area contributed by atoms with Crippen molar-refractivity contribution in [1.29, 1.82) is 0 Å². The van der Waals surface area contributed by atoms with Crippen molar-refractivity contribution in [2.45, 2.75) is 32.9 Å². The standard InChI is InChI=1S/C29H31Cl4N3O4S/c1-19(2)16-34-29(38)26(15-20-8-5-4-6-9-20)35(17-21-12-13-22(30)24(32)14-21)27(37)18-36(41(3,39)40)25-11-7-10-23(31)28(25)33/h4-14,19,26H,15-18H2,1-3H3,(H,34,38). The fraction of sp³-hybridized carbons (Fsp3) is 0.310. The monoisotopic (exact) mass is 657 g/mol. The summed E-state index contributed by atoms with van der Waals surface area (Å²) in [5, 5.41) is 3.66. The summed E-state index contributed by atoms with van der Waals surface area (Å²) in [6.45, 7) is 3.66. The fourth-order valence-corrected chi connectivity index (χ4v) is 5.71. The van der Waals surface area contributed by atoms with Crippen LogP contribution in [-0.2, 0) is 32.6 Å². The van der Waals surface area contributed by atoms with Crippen molar-refractivity contribution in [2.75, 3.05) is 23.7 Å². The highest BCUT2D eigenvalue weighted by Crippen LogP contribution is 2.34. The van der Waals surface area contributed by atoms with E-state index in [2.05, 4.69) is 5.32 Å². The summed E-state index contributed by atoms with van der Waals surface area (Å²) in [6.07, 6.45) is 1.16. The van der Waals surface area contributed by atoms with E-state index in [9.17, 15) is 18.0 Å². The predicted molar refractivity (Wildman–Crippen MR) is 167 cm³/mol. The molecule has 0 heterocycles. The van der Waals surface area contributed by atoms with E-state index < -0.39 is 28.5 Å². The van der Waals surface area contributed by atoms with Crippen LogP contribution in [0.2, 0.25) is 20.1 Å². The van der Waals surface area contributed by atoms with Gasteiger partial charge in [0.1, 0.15) is 12.6 Å². The molecule has 0 radical (unpaired) electrons. The van der Waals surface area contributed by atoms with Crippen molar-refractivity contribution < 1.29 is 18.0 Å². The lowest BCUT2D eigenvalue weighted by Gasteiger charge is -2.34. The summed E-state index contributed by atoms with van der Waals surface area (Å²) in [4.78, 5) is 29.1. The topological polar surface area (TPSA) is 86.8 Å². The van der Waals surface area contributed by atoms with Gasteiger partial charge in [0.05, 0.1) is 32.0 Å². The molecule has 1 N–H and O–H groups in total. The summed E-state index contributed by atoms with van der Waals surface area (Å²) in [7, 11) is -3.99. The van der Waals surface area contributed by atoms with E-state index in [-0.39, 0.29) is 45.5 Å². The van der Waals surface area contributed by atoms with E-state index in [0.717, 1.165) is 16.1 Å². The van der Waals surface area contributed by atoms with E-state index >= 15 is 0 Å². The number of sulfonamides is 1. The van der Waals surface area contributed by atoms with Gasteiger partial charge >= 0.3 is 0 Å². The molecule has 3 aromatic rings. The molecule has 41 heavy (non-hydrogen) atoms. The van der Waals surface area contributed by atoms with Crippen LogP contribution in [0.5, 0.6) is 0 Å². The van der Waals surface area contributed by atoms with Crippen molar-refractivity contribution in [3.05, 3.63) is 97.9 Å². The largest absolute Gasteiger partial charge is 0.354 e. The van der Waals surface area contributed by atoms with Crippen molar-refractivity contribution >= 4 is 73.9 Å². The molecule has 3 aromatic carbocycles. The van der Waals surface area contributed by atoms with Crippen LogP contribution in [0.25, 0.3) is 0 Å². The maximum absolute atomic E-state index is 14.1. The minimum atomic E-state index is -3.99. The number of nitrogens with zero attached hydrogens (tertiary/aromatic N) is 2. The molecule has 1 atom stereocenters. The van der Waals surface area contributed by atoms with Gasteiger partial charge in [-0.3, -0.25) is 13.9 Å². The zero-order valence-electron chi connectivity index (χ0n) is 22.8. The molecule has 0 bridgehead atoms. The van der Waals surface area contributed by atoms with Crippen molar-refractivity contribution in [3.8, 4) is 0 Å². The number of hydrogen-bond acceptors (Lipinski definition) is 4. The fourth-order valence-electron chi connectivity index (χ4n) is 4.09. The predicted octanol–water partition coefficient (Wildman–Crippen LogP) is 6.48. The van der Waals surface area contributed by atoms with Gasteiger partial charge in [0.25, 0.3) is 0 Å². The van der Waals surface area contributed by atoms with Crippen LogP contribution in [0.1, 0.15) is 25.0 Å². The minimum absolute atomic E-state index is 0.0149. The molecule has 12 heteroatoms. The maximum atomic E-state index is 14.1. The molecule has 1 unspecified atom stereocenters. The third-order valence-electron chi connectivity index (χ3n) is 6.17. The zero-order valence-corrected chi connectivity index (χ0v) is 26.6. The van der Waals surface area contributed by atoms with E-state index in [0.29, 0.717) is 17.1 Å². The Morgan fingerprint density at radius 2 is 1.54 bits per heavy atom. The molecule has 0 aromatic heterocycles. The van der Waals surface area contributed by atoms with Gasteiger partial charge < -0.3 is 10.2 Å². The molecule has 7 nitrogen and oxygen atoms in total. The molecule has 0 aliphatic heterocycles. The molecular weight excluding hydrogens is 628 g/mol. The number of halogens is 4. The summed E-state index contributed by atoms with van der Waals surface area (Å²) in [5.41, 5.74) is 1.48. The lowest BCUT2D eigenvalue weighted by Crippen LogP contribution is -2.53. The Bertz CT molecular complexity index is 1490. The molecule has 3 rings (SSSR count). The highest BCUT2D eigenvalue weighted by molar-refractivity contribution is 7.92. The Hall–Kier alpha value is -2.49. The Kier molecular flexibility index (Phi) is 11.8. The van der Waals surface area contributed by atoms with Crippen LogP contribution in [0.15, 0.2) is 66.7 Å². The number of benzene rings is 3. The molecule has 0 spiro atoms. The summed E-state index contributed by atoms with van der Waals surface area (Å²) in [5.74, 6) is -0.831. The second kappa shape index (κ2) is 14.6. The van der Waals surface area contributed by atoms with Gasteiger partial charge in [-0.05, 0) is 41.3 Å². The van der Waals surface area contributed by atoms with Crippen molar-refractivity contribution in [3.63, 3.8) is 0 Å². The van der Waals surface area contributed by atoms with Crippen molar-refractivity contribution in [2.24, 2.45) is 5.92 Å². The van der Waals surface area contributed by atoms with Crippen molar-refractivity contribution in [1.82, 2.24) is 10.2 Å². The normalized spacial score (nSPS) is 12.2. The third-order valence-corrected chi connectivity index (χ3v) is 8.85. The number of carbonyl (C=O) groups excluding carboxylic acids is 2. The number of nitrogens with one attached hydrogen (secondary N) is 1. The Morgan fingerprint density at radius 3 is 2.15 bits per heavy atom. The summed E-state index contributed by atoms with van der Waals surface area (Å²) < 4.78 is 26.7. The van der Waals surface area contributed by atoms with Crippen LogP contribution in [-0.4, -0.2) is 50.5 Å². The number of anilines is 1. The smallest absolute Gasteiger partial charge is 0.244 e. The molecule has 220 valence electrons.